The average Bonchev–Trinajstić information content (AvgIpc) is 2.80. The van der Waals surface area contributed by atoms with Crippen LogP contribution in [0, 0.1) is 5.41 Å². The van der Waals surface area contributed by atoms with E-state index in [0.29, 0.717) is 5.76 Å². The summed E-state index contributed by atoms with van der Waals surface area (Å²) in [5.41, 5.74) is 16.5. The Balaban J connectivity index is 2.52. The second-order valence-corrected chi connectivity index (χ2v) is 10.6. The highest BCUT2D eigenvalue weighted by molar-refractivity contribution is 7.97. The van der Waals surface area contributed by atoms with Gasteiger partial charge in [-0.15, -0.1) is 0 Å². The molecule has 0 aromatic carbocycles. The van der Waals surface area contributed by atoms with Crippen LogP contribution in [0.3, 0.4) is 0 Å². The van der Waals surface area contributed by atoms with Crippen molar-refractivity contribution in [3.8, 4) is 0 Å². The molecule has 1 atom stereocenters. The number of allylic oxidation sites excluding steroid dienone is 4. The van der Waals surface area contributed by atoms with Gasteiger partial charge in [0.05, 0.1) is 4.91 Å². The zero-order valence-corrected chi connectivity index (χ0v) is 18.3. The Hall–Kier alpha value is -2.33. The van der Waals surface area contributed by atoms with Crippen molar-refractivity contribution in [3.05, 3.63) is 34.0 Å². The Morgan fingerprint density at radius 2 is 1.83 bits per heavy atom. The van der Waals surface area contributed by atoms with Crippen molar-refractivity contribution in [2.75, 3.05) is 6.54 Å². The van der Waals surface area contributed by atoms with Crippen molar-refractivity contribution in [2.45, 2.75) is 57.9 Å². The van der Waals surface area contributed by atoms with Crippen LogP contribution in [-0.2, 0) is 19.4 Å². The maximum Gasteiger partial charge on any atom is 0.339 e. The molecule has 1 heterocycles. The molecule has 9 nitrogen and oxygen atoms in total. The quantitative estimate of drug-likeness (QED) is 0.266. The van der Waals surface area contributed by atoms with E-state index >= 15 is 0 Å². The van der Waals surface area contributed by atoms with E-state index in [1.54, 1.807) is 19.9 Å². The molecule has 1 aliphatic heterocycles. The Morgan fingerprint density at radius 3 is 2.34 bits per heavy atom. The standard InChI is InChI=1S/C19H30N4O5S/c1-11-14-12(28-18(11,4)5)7-8-13(17(14,2)3)29(26,27)19(22,15(24)25)9-6-10-23-16(20)21/h7-8H,6,9-10,22H2,1-5H3,(H,24,25)(H4,20,21,23). The minimum absolute atomic E-state index is 0.0591. The third-order valence-electron chi connectivity index (χ3n) is 5.65. The number of aliphatic carboxylic acids is 1. The Morgan fingerprint density at radius 1 is 1.24 bits per heavy atom. The molecule has 10 heteroatoms. The predicted octanol–water partition coefficient (Wildman–Crippen LogP) is 1.13. The molecule has 0 aromatic rings. The number of aliphatic imine (C=N–C) groups is 1. The highest BCUT2D eigenvalue weighted by Gasteiger charge is 2.55. The molecule has 29 heavy (non-hydrogen) atoms. The van der Waals surface area contributed by atoms with Gasteiger partial charge in [0.1, 0.15) is 11.4 Å². The topological polar surface area (TPSA) is 171 Å². The summed E-state index contributed by atoms with van der Waals surface area (Å²) in [4.78, 5) is 13.2. The lowest BCUT2D eigenvalue weighted by atomic mass is 9.76. The number of carboxylic acids is 1. The van der Waals surface area contributed by atoms with Gasteiger partial charge in [-0.05, 0) is 51.3 Å². The Bertz CT molecular complexity index is 953. The fraction of sp³-hybridized carbons (Fsp3) is 0.579. The molecule has 0 aromatic heterocycles. The van der Waals surface area contributed by atoms with Crippen molar-refractivity contribution in [2.24, 2.45) is 27.6 Å². The second kappa shape index (κ2) is 7.17. The number of fused-ring (bicyclic) bond motifs is 1. The van der Waals surface area contributed by atoms with Gasteiger partial charge in [-0.3, -0.25) is 4.99 Å². The minimum atomic E-state index is -4.44. The van der Waals surface area contributed by atoms with E-state index in [0.717, 1.165) is 11.1 Å². The fourth-order valence-electron chi connectivity index (χ4n) is 3.79. The number of nitrogens with zero attached hydrogens (tertiary/aromatic N) is 1. The second-order valence-electron chi connectivity index (χ2n) is 8.41. The number of ether oxygens (including phenoxy) is 1. The first-order valence-electron chi connectivity index (χ1n) is 9.25. The molecule has 0 bridgehead atoms. The number of guanidine groups is 1. The van der Waals surface area contributed by atoms with Crippen molar-refractivity contribution in [1.82, 2.24) is 0 Å². The Labute approximate surface area is 171 Å². The summed E-state index contributed by atoms with van der Waals surface area (Å²) in [5.74, 6) is -1.20. The summed E-state index contributed by atoms with van der Waals surface area (Å²) in [6.45, 7) is 9.21. The summed E-state index contributed by atoms with van der Waals surface area (Å²) in [6, 6.07) is 0. The van der Waals surface area contributed by atoms with E-state index in [9.17, 15) is 18.3 Å². The van der Waals surface area contributed by atoms with Gasteiger partial charge in [0.2, 0.25) is 14.7 Å². The van der Waals surface area contributed by atoms with Crippen LogP contribution < -0.4 is 17.2 Å². The maximum atomic E-state index is 13.5. The molecule has 0 radical (unpaired) electrons. The van der Waals surface area contributed by atoms with Crippen molar-refractivity contribution >= 4 is 21.8 Å². The molecular formula is C19H30N4O5S. The summed E-state index contributed by atoms with van der Waals surface area (Å²) in [6.07, 6.45) is 2.70. The number of hydrogen-bond donors (Lipinski definition) is 4. The van der Waals surface area contributed by atoms with E-state index in [1.807, 2.05) is 20.8 Å². The predicted molar refractivity (Wildman–Crippen MR) is 111 cm³/mol. The molecule has 1 aliphatic carbocycles. The van der Waals surface area contributed by atoms with Crippen LogP contribution in [-0.4, -0.2) is 42.5 Å². The minimum Gasteiger partial charge on any atom is -0.483 e. The van der Waals surface area contributed by atoms with Gasteiger partial charge in [0, 0.05) is 17.5 Å². The van der Waals surface area contributed by atoms with Crippen molar-refractivity contribution in [3.63, 3.8) is 0 Å². The molecular weight excluding hydrogens is 396 g/mol. The van der Waals surface area contributed by atoms with Gasteiger partial charge >= 0.3 is 5.97 Å². The van der Waals surface area contributed by atoms with Gasteiger partial charge in [0.15, 0.2) is 5.96 Å². The number of carbonyl (C=O) groups is 1. The lowest BCUT2D eigenvalue weighted by Gasteiger charge is -2.36. The molecule has 0 spiro atoms. The molecule has 2 aliphatic rings. The van der Waals surface area contributed by atoms with E-state index in [-0.39, 0.29) is 30.3 Å². The molecule has 2 rings (SSSR count). The van der Waals surface area contributed by atoms with Crippen LogP contribution >= 0.6 is 0 Å². The normalized spacial score (nSPS) is 22.0. The molecule has 162 valence electrons. The number of nitrogens with two attached hydrogens (primary N) is 3. The van der Waals surface area contributed by atoms with Crippen molar-refractivity contribution in [1.29, 1.82) is 0 Å². The summed E-state index contributed by atoms with van der Waals surface area (Å²) < 4.78 is 33.0. The number of hydrogen-bond acceptors (Lipinski definition) is 6. The van der Waals surface area contributed by atoms with E-state index in [4.69, 9.17) is 21.9 Å². The van der Waals surface area contributed by atoms with Crippen LogP contribution in [0.4, 0.5) is 0 Å². The van der Waals surface area contributed by atoms with Gasteiger partial charge in [-0.25, -0.2) is 13.2 Å². The van der Waals surface area contributed by atoms with Gasteiger partial charge in [-0.1, -0.05) is 13.8 Å². The Kier molecular flexibility index (Phi) is 5.68. The molecule has 0 saturated carbocycles. The fourth-order valence-corrected chi connectivity index (χ4v) is 5.85. The molecule has 0 saturated heterocycles. The summed E-state index contributed by atoms with van der Waals surface area (Å²) >= 11 is 0. The highest BCUT2D eigenvalue weighted by Crippen LogP contribution is 2.53. The van der Waals surface area contributed by atoms with Crippen LogP contribution in [0.25, 0.3) is 0 Å². The third-order valence-corrected chi connectivity index (χ3v) is 8.21. The number of carboxylic acid groups (broad SMARTS) is 1. The van der Waals surface area contributed by atoms with Crippen LogP contribution in [0.2, 0.25) is 0 Å². The van der Waals surface area contributed by atoms with Gasteiger partial charge in [0.25, 0.3) is 0 Å². The smallest absolute Gasteiger partial charge is 0.339 e. The van der Waals surface area contributed by atoms with E-state index in [2.05, 4.69) is 4.99 Å². The van der Waals surface area contributed by atoms with Gasteiger partial charge < -0.3 is 27.0 Å². The SMILES string of the molecule is CC1=C2C(=CC=C(S(=O)(=O)C(N)(CCCN=C(N)N)C(=O)O)C2(C)C)OC1(C)C. The lowest BCUT2D eigenvalue weighted by molar-refractivity contribution is -0.140. The van der Waals surface area contributed by atoms with E-state index in [1.165, 1.54) is 6.08 Å². The molecule has 0 fully saturated rings. The molecule has 1 unspecified atom stereocenters. The third kappa shape index (κ3) is 3.66. The zero-order chi connectivity index (χ0) is 22.4. The molecule has 7 N–H and O–H groups in total. The maximum absolute atomic E-state index is 13.5. The van der Waals surface area contributed by atoms with Crippen LogP contribution in [0.1, 0.15) is 47.5 Å². The lowest BCUT2D eigenvalue weighted by Crippen LogP contribution is -2.56. The molecule has 0 amide bonds. The van der Waals surface area contributed by atoms with Crippen LogP contribution in [0.5, 0.6) is 0 Å². The van der Waals surface area contributed by atoms with Crippen molar-refractivity contribution < 1.29 is 23.1 Å². The highest BCUT2D eigenvalue weighted by atomic mass is 32.2. The number of rotatable bonds is 7. The van der Waals surface area contributed by atoms with Crippen LogP contribution in [0.15, 0.2) is 39.0 Å². The monoisotopic (exact) mass is 426 g/mol. The summed E-state index contributed by atoms with van der Waals surface area (Å²) in [7, 11) is -4.44. The average molecular weight is 427 g/mol. The van der Waals surface area contributed by atoms with E-state index < -0.39 is 31.7 Å². The first kappa shape index (κ1) is 23.0. The zero-order valence-electron chi connectivity index (χ0n) is 17.4. The first-order valence-corrected chi connectivity index (χ1v) is 10.7. The summed E-state index contributed by atoms with van der Waals surface area (Å²) in [5, 5.41) is 9.73. The number of sulfone groups is 1. The largest absolute Gasteiger partial charge is 0.483 e. The first-order chi connectivity index (χ1) is 13.1. The van der Waals surface area contributed by atoms with Gasteiger partial charge in [-0.2, -0.15) is 0 Å².